The fourth-order valence-corrected chi connectivity index (χ4v) is 3.10. The van der Waals surface area contributed by atoms with Crippen LogP contribution in [0.4, 0.5) is 0 Å². The van der Waals surface area contributed by atoms with E-state index in [1.54, 1.807) is 33.8 Å². The molecule has 1 saturated heterocycles. The summed E-state index contributed by atoms with van der Waals surface area (Å²) < 4.78 is 23.7. The Balaban J connectivity index is 1.91. The minimum absolute atomic E-state index is 0.211. The van der Waals surface area contributed by atoms with Gasteiger partial charge in [-0.2, -0.15) is 0 Å². The maximum absolute atomic E-state index is 12.5. The monoisotopic (exact) mass is 489 g/mol. The molecule has 35 heavy (non-hydrogen) atoms. The van der Waals surface area contributed by atoms with Crippen LogP contribution in [0.2, 0.25) is 0 Å². The second-order valence-electron chi connectivity index (χ2n) is 8.43. The highest BCUT2D eigenvalue weighted by Gasteiger charge is 2.52. The Hall–Kier alpha value is -3.87. The number of amides is 1. The van der Waals surface area contributed by atoms with Crippen molar-refractivity contribution in [3.05, 3.63) is 42.2 Å². The van der Waals surface area contributed by atoms with E-state index in [0.717, 1.165) is 4.68 Å². The number of carbonyl (C=O) groups excluding carboxylic acids is 4. The Bertz CT molecular complexity index is 1070. The molecular formula is C22H27N5O8. The molecule has 13 heteroatoms. The molecule has 1 amide bonds. The summed E-state index contributed by atoms with van der Waals surface area (Å²) in [6.07, 6.45) is -0.496. The zero-order valence-corrected chi connectivity index (χ0v) is 19.7. The Morgan fingerprint density at radius 3 is 2.29 bits per heavy atom. The van der Waals surface area contributed by atoms with Crippen LogP contribution in [0, 0.1) is 11.8 Å². The van der Waals surface area contributed by atoms with Crippen molar-refractivity contribution < 1.29 is 38.1 Å². The average Bonchev–Trinajstić information content (AvgIpc) is 3.43. The first-order valence-corrected chi connectivity index (χ1v) is 10.9. The van der Waals surface area contributed by atoms with Gasteiger partial charge in [-0.1, -0.05) is 27.7 Å². The molecule has 0 unspecified atom stereocenters. The SMILES string of the molecule is CC(C)C(=O)O[C@@H]1[C@H](OC(=O)C(C)C)[C@@H](COC(=O)c2cccnc2)O[C@H]1n1cnc(C(N)=O)n1. The summed E-state index contributed by atoms with van der Waals surface area (Å²) in [5.41, 5.74) is 5.45. The van der Waals surface area contributed by atoms with Crippen LogP contribution in [0.3, 0.4) is 0 Å². The normalized spacial score (nSPS) is 21.7. The third kappa shape index (κ3) is 6.18. The van der Waals surface area contributed by atoms with Gasteiger partial charge in [0.05, 0.1) is 17.4 Å². The molecule has 1 aliphatic heterocycles. The van der Waals surface area contributed by atoms with Crippen molar-refractivity contribution in [1.82, 2.24) is 19.7 Å². The van der Waals surface area contributed by atoms with Gasteiger partial charge in [-0.15, -0.1) is 5.10 Å². The number of esters is 3. The number of hydrogen-bond donors (Lipinski definition) is 1. The summed E-state index contributed by atoms with van der Waals surface area (Å²) >= 11 is 0. The van der Waals surface area contributed by atoms with E-state index in [0.29, 0.717) is 0 Å². The highest BCUT2D eigenvalue weighted by Crippen LogP contribution is 2.35. The minimum Gasteiger partial charge on any atom is -0.459 e. The lowest BCUT2D eigenvalue weighted by Crippen LogP contribution is -2.42. The molecule has 3 rings (SSSR count). The predicted molar refractivity (Wildman–Crippen MR) is 116 cm³/mol. The second kappa shape index (κ2) is 11.0. The number of ether oxygens (including phenoxy) is 4. The molecule has 1 fully saturated rings. The summed E-state index contributed by atoms with van der Waals surface area (Å²) in [4.78, 5) is 56.5. The molecule has 0 radical (unpaired) electrons. The quantitative estimate of drug-likeness (QED) is 0.387. The van der Waals surface area contributed by atoms with Gasteiger partial charge in [0, 0.05) is 12.4 Å². The molecule has 13 nitrogen and oxygen atoms in total. The van der Waals surface area contributed by atoms with Gasteiger partial charge >= 0.3 is 17.9 Å². The number of rotatable bonds is 9. The van der Waals surface area contributed by atoms with E-state index in [4.69, 9.17) is 24.7 Å². The molecule has 0 spiro atoms. The van der Waals surface area contributed by atoms with Crippen LogP contribution in [-0.2, 0) is 28.5 Å². The molecule has 4 atom stereocenters. The Kier molecular flexibility index (Phi) is 8.12. The third-order valence-corrected chi connectivity index (χ3v) is 5.00. The Labute approximate surface area is 200 Å². The van der Waals surface area contributed by atoms with E-state index in [2.05, 4.69) is 15.1 Å². The third-order valence-electron chi connectivity index (χ3n) is 5.00. The van der Waals surface area contributed by atoms with Gasteiger partial charge in [0.15, 0.2) is 18.4 Å². The first-order valence-electron chi connectivity index (χ1n) is 10.9. The van der Waals surface area contributed by atoms with Crippen molar-refractivity contribution in [3.63, 3.8) is 0 Å². The number of nitrogens with zero attached hydrogens (tertiary/aromatic N) is 4. The van der Waals surface area contributed by atoms with E-state index >= 15 is 0 Å². The first kappa shape index (κ1) is 25.7. The maximum atomic E-state index is 12.5. The Morgan fingerprint density at radius 2 is 1.74 bits per heavy atom. The summed E-state index contributed by atoms with van der Waals surface area (Å²) in [7, 11) is 0. The molecule has 0 aromatic carbocycles. The number of primary amides is 1. The summed E-state index contributed by atoms with van der Waals surface area (Å²) in [6, 6.07) is 3.10. The van der Waals surface area contributed by atoms with E-state index < -0.39 is 60.2 Å². The highest BCUT2D eigenvalue weighted by atomic mass is 16.7. The fourth-order valence-electron chi connectivity index (χ4n) is 3.10. The van der Waals surface area contributed by atoms with Crippen LogP contribution in [0.25, 0.3) is 0 Å². The van der Waals surface area contributed by atoms with Gasteiger partial charge in [-0.25, -0.2) is 14.5 Å². The standard InChI is InChI=1S/C22H27N5O8/c1-11(2)20(29)34-15-14(9-32-22(31)13-6-5-7-24-8-13)33-19(16(15)35-21(30)12(3)4)27-10-25-18(26-27)17(23)28/h5-8,10-12,14-16,19H,9H2,1-4H3,(H2,23,28)/t14-,15-,16-,19-/m1/s1. The van der Waals surface area contributed by atoms with Gasteiger partial charge < -0.3 is 24.7 Å². The molecule has 2 aromatic heterocycles. The molecule has 1 aliphatic rings. The first-order chi connectivity index (χ1) is 16.6. The van der Waals surface area contributed by atoms with E-state index in [1.165, 1.54) is 24.8 Å². The molecule has 0 aliphatic carbocycles. The summed E-state index contributed by atoms with van der Waals surface area (Å²) in [5.74, 6) is -4.00. The van der Waals surface area contributed by atoms with Gasteiger partial charge in [-0.3, -0.25) is 19.4 Å². The van der Waals surface area contributed by atoms with Crippen LogP contribution < -0.4 is 5.73 Å². The fraction of sp³-hybridized carbons (Fsp3) is 0.500. The summed E-state index contributed by atoms with van der Waals surface area (Å²) in [5, 5.41) is 3.98. The van der Waals surface area contributed by atoms with Crippen molar-refractivity contribution in [1.29, 1.82) is 0 Å². The van der Waals surface area contributed by atoms with Crippen molar-refractivity contribution in [3.8, 4) is 0 Å². The molecule has 3 heterocycles. The lowest BCUT2D eigenvalue weighted by Gasteiger charge is -2.25. The number of aromatic nitrogens is 4. The van der Waals surface area contributed by atoms with Crippen LogP contribution in [-0.4, -0.2) is 68.5 Å². The maximum Gasteiger partial charge on any atom is 0.339 e. The van der Waals surface area contributed by atoms with Crippen LogP contribution in [0.15, 0.2) is 30.9 Å². The molecule has 0 bridgehead atoms. The minimum atomic E-state index is -1.18. The lowest BCUT2D eigenvalue weighted by atomic mass is 10.1. The van der Waals surface area contributed by atoms with Gasteiger partial charge in [-0.05, 0) is 12.1 Å². The number of hydrogen-bond acceptors (Lipinski definition) is 11. The number of pyridine rings is 1. The van der Waals surface area contributed by atoms with E-state index in [-0.39, 0.29) is 18.0 Å². The number of nitrogens with two attached hydrogens (primary N) is 1. The average molecular weight is 489 g/mol. The smallest absolute Gasteiger partial charge is 0.339 e. The molecule has 2 N–H and O–H groups in total. The topological polar surface area (TPSA) is 175 Å². The lowest BCUT2D eigenvalue weighted by molar-refractivity contribution is -0.172. The van der Waals surface area contributed by atoms with Crippen LogP contribution in [0.5, 0.6) is 0 Å². The van der Waals surface area contributed by atoms with E-state index in [9.17, 15) is 19.2 Å². The highest BCUT2D eigenvalue weighted by molar-refractivity contribution is 5.89. The zero-order valence-electron chi connectivity index (χ0n) is 19.7. The van der Waals surface area contributed by atoms with Gasteiger partial charge in [0.25, 0.3) is 5.91 Å². The second-order valence-corrected chi connectivity index (χ2v) is 8.43. The van der Waals surface area contributed by atoms with Crippen LogP contribution in [0.1, 0.15) is 54.9 Å². The van der Waals surface area contributed by atoms with Gasteiger partial charge in [0.1, 0.15) is 19.0 Å². The van der Waals surface area contributed by atoms with E-state index in [1.807, 2.05) is 0 Å². The molecular weight excluding hydrogens is 462 g/mol. The van der Waals surface area contributed by atoms with Crippen molar-refractivity contribution >= 4 is 23.8 Å². The van der Waals surface area contributed by atoms with Crippen LogP contribution >= 0.6 is 0 Å². The summed E-state index contributed by atoms with van der Waals surface area (Å²) in [6.45, 7) is 6.21. The molecule has 188 valence electrons. The predicted octanol–water partition coefficient (Wildman–Crippen LogP) is 0.662. The largest absolute Gasteiger partial charge is 0.459 e. The van der Waals surface area contributed by atoms with Crippen molar-refractivity contribution in [2.75, 3.05) is 6.61 Å². The van der Waals surface area contributed by atoms with Crippen molar-refractivity contribution in [2.24, 2.45) is 17.6 Å². The zero-order chi connectivity index (χ0) is 25.7. The van der Waals surface area contributed by atoms with Crippen molar-refractivity contribution in [2.45, 2.75) is 52.2 Å². The number of carbonyl (C=O) groups is 4. The Morgan fingerprint density at radius 1 is 1.09 bits per heavy atom. The molecule has 2 aromatic rings. The molecule has 0 saturated carbocycles. The van der Waals surface area contributed by atoms with Gasteiger partial charge in [0.2, 0.25) is 5.82 Å².